The van der Waals surface area contributed by atoms with E-state index in [1.165, 1.54) is 0 Å². The SMILES string of the molecule is CC(C)(C)NS(=O)(=O)c1ccccc1CNC(=O)[C@@H]1CCC[C@@H]1CN. The van der Waals surface area contributed by atoms with Gasteiger partial charge in [0.2, 0.25) is 15.9 Å². The number of nitrogens with one attached hydrogen (secondary N) is 2. The number of hydrogen-bond acceptors (Lipinski definition) is 4. The number of hydrogen-bond donors (Lipinski definition) is 3. The lowest BCUT2D eigenvalue weighted by molar-refractivity contribution is -0.126. The molecule has 0 bridgehead atoms. The maximum atomic E-state index is 12.6. The molecule has 6 nitrogen and oxygen atoms in total. The minimum atomic E-state index is -3.65. The van der Waals surface area contributed by atoms with Crippen molar-refractivity contribution in [2.75, 3.05) is 6.54 Å². The standard InChI is InChI=1S/C18H29N3O3S/c1-18(2,3)21-25(23,24)16-10-5-4-7-14(16)12-20-17(22)15-9-6-8-13(15)11-19/h4-5,7,10,13,15,21H,6,8-9,11-12,19H2,1-3H3,(H,20,22)/t13-,15-/m1/s1. The third-order valence-electron chi connectivity index (χ3n) is 4.45. The maximum absolute atomic E-state index is 12.6. The van der Waals surface area contributed by atoms with Crippen molar-refractivity contribution in [2.45, 2.75) is 57.0 Å². The normalized spacial score (nSPS) is 21.3. The molecule has 0 aromatic heterocycles. The molecular formula is C18H29N3O3S. The van der Waals surface area contributed by atoms with Crippen LogP contribution in [0.4, 0.5) is 0 Å². The molecule has 140 valence electrons. The Hall–Kier alpha value is -1.44. The molecule has 1 aromatic carbocycles. The Morgan fingerprint density at radius 3 is 2.56 bits per heavy atom. The second-order valence-corrected chi connectivity index (χ2v) is 9.37. The van der Waals surface area contributed by atoms with E-state index in [2.05, 4.69) is 10.0 Å². The predicted octanol–water partition coefficient (Wildman–Crippen LogP) is 1.75. The van der Waals surface area contributed by atoms with Crippen LogP contribution >= 0.6 is 0 Å². The molecule has 0 radical (unpaired) electrons. The zero-order chi connectivity index (χ0) is 18.7. The van der Waals surface area contributed by atoms with Crippen LogP contribution in [-0.4, -0.2) is 26.4 Å². The summed E-state index contributed by atoms with van der Waals surface area (Å²) in [5.74, 6) is 0.118. The van der Waals surface area contributed by atoms with Crippen molar-refractivity contribution in [3.8, 4) is 0 Å². The van der Waals surface area contributed by atoms with Crippen LogP contribution in [-0.2, 0) is 21.4 Å². The van der Waals surface area contributed by atoms with Gasteiger partial charge in [0, 0.05) is 18.0 Å². The summed E-state index contributed by atoms with van der Waals surface area (Å²) in [5.41, 5.74) is 5.74. The van der Waals surface area contributed by atoms with Crippen molar-refractivity contribution in [3.63, 3.8) is 0 Å². The van der Waals surface area contributed by atoms with Gasteiger partial charge in [-0.3, -0.25) is 4.79 Å². The first-order valence-corrected chi connectivity index (χ1v) is 10.2. The fraction of sp³-hybridized carbons (Fsp3) is 0.611. The van der Waals surface area contributed by atoms with Crippen molar-refractivity contribution in [2.24, 2.45) is 17.6 Å². The number of nitrogens with two attached hydrogens (primary N) is 1. The monoisotopic (exact) mass is 367 g/mol. The lowest BCUT2D eigenvalue weighted by Crippen LogP contribution is -2.41. The molecule has 1 aliphatic carbocycles. The summed E-state index contributed by atoms with van der Waals surface area (Å²) < 4.78 is 27.9. The number of carbonyl (C=O) groups is 1. The van der Waals surface area contributed by atoms with E-state index in [4.69, 9.17) is 5.73 Å². The summed E-state index contributed by atoms with van der Waals surface area (Å²) in [6, 6.07) is 6.75. The second kappa shape index (κ2) is 7.85. The van der Waals surface area contributed by atoms with Gasteiger partial charge >= 0.3 is 0 Å². The molecule has 0 unspecified atom stereocenters. The first kappa shape index (κ1) is 19.9. The van der Waals surface area contributed by atoms with Crippen LogP contribution in [0.1, 0.15) is 45.6 Å². The molecule has 0 saturated heterocycles. The summed E-state index contributed by atoms with van der Waals surface area (Å²) in [6.45, 7) is 6.08. The smallest absolute Gasteiger partial charge is 0.241 e. The van der Waals surface area contributed by atoms with Gasteiger partial charge in [0.1, 0.15) is 0 Å². The van der Waals surface area contributed by atoms with E-state index in [0.717, 1.165) is 19.3 Å². The highest BCUT2D eigenvalue weighted by atomic mass is 32.2. The molecule has 7 heteroatoms. The van der Waals surface area contributed by atoms with Gasteiger partial charge in [0.15, 0.2) is 0 Å². The van der Waals surface area contributed by atoms with Crippen LogP contribution in [0.25, 0.3) is 0 Å². The minimum absolute atomic E-state index is 0.0380. The second-order valence-electron chi connectivity index (χ2n) is 7.71. The van der Waals surface area contributed by atoms with Crippen LogP contribution in [0.2, 0.25) is 0 Å². The van der Waals surface area contributed by atoms with Crippen LogP contribution in [0.15, 0.2) is 29.2 Å². The number of carbonyl (C=O) groups excluding carboxylic acids is 1. The van der Waals surface area contributed by atoms with E-state index in [1.807, 2.05) is 0 Å². The molecule has 1 fully saturated rings. The van der Waals surface area contributed by atoms with Gasteiger partial charge in [-0.2, -0.15) is 0 Å². The van der Waals surface area contributed by atoms with Gasteiger partial charge in [-0.25, -0.2) is 13.1 Å². The Bertz CT molecular complexity index is 711. The highest BCUT2D eigenvalue weighted by molar-refractivity contribution is 7.89. The molecule has 0 aliphatic heterocycles. The maximum Gasteiger partial charge on any atom is 0.241 e. The molecule has 2 atom stereocenters. The molecule has 1 amide bonds. The molecular weight excluding hydrogens is 338 g/mol. The Kier molecular flexibility index (Phi) is 6.24. The zero-order valence-corrected chi connectivity index (χ0v) is 16.0. The molecule has 25 heavy (non-hydrogen) atoms. The minimum Gasteiger partial charge on any atom is -0.352 e. The van der Waals surface area contributed by atoms with Gasteiger partial charge in [-0.1, -0.05) is 24.6 Å². The molecule has 0 spiro atoms. The Morgan fingerprint density at radius 1 is 1.24 bits per heavy atom. The lowest BCUT2D eigenvalue weighted by atomic mass is 9.95. The summed E-state index contributed by atoms with van der Waals surface area (Å²) >= 11 is 0. The Morgan fingerprint density at radius 2 is 1.92 bits per heavy atom. The molecule has 2 rings (SSSR count). The van der Waals surface area contributed by atoms with E-state index >= 15 is 0 Å². The largest absolute Gasteiger partial charge is 0.352 e. The fourth-order valence-corrected chi connectivity index (χ4v) is 5.01. The van der Waals surface area contributed by atoms with E-state index in [0.29, 0.717) is 12.1 Å². The van der Waals surface area contributed by atoms with Crippen molar-refractivity contribution in [1.29, 1.82) is 0 Å². The van der Waals surface area contributed by atoms with Crippen molar-refractivity contribution in [1.82, 2.24) is 10.0 Å². The van der Waals surface area contributed by atoms with Crippen molar-refractivity contribution < 1.29 is 13.2 Å². The first-order chi connectivity index (χ1) is 11.6. The fourth-order valence-electron chi connectivity index (χ4n) is 3.35. The van der Waals surface area contributed by atoms with Gasteiger partial charge in [-0.15, -0.1) is 0 Å². The van der Waals surface area contributed by atoms with Gasteiger partial charge in [-0.05, 0) is 57.7 Å². The quantitative estimate of drug-likeness (QED) is 0.713. The number of amides is 1. The molecule has 0 heterocycles. The Labute approximate surface area is 150 Å². The average molecular weight is 368 g/mol. The summed E-state index contributed by atoms with van der Waals surface area (Å²) in [7, 11) is -3.65. The molecule has 4 N–H and O–H groups in total. The van der Waals surface area contributed by atoms with Gasteiger partial charge < -0.3 is 11.1 Å². The number of benzene rings is 1. The summed E-state index contributed by atoms with van der Waals surface area (Å²) in [5, 5.41) is 2.89. The highest BCUT2D eigenvalue weighted by Gasteiger charge is 2.32. The molecule has 1 saturated carbocycles. The Balaban J connectivity index is 2.12. The number of sulfonamides is 1. The van der Waals surface area contributed by atoms with Crippen LogP contribution < -0.4 is 15.8 Å². The van der Waals surface area contributed by atoms with Crippen molar-refractivity contribution >= 4 is 15.9 Å². The topological polar surface area (TPSA) is 101 Å². The van der Waals surface area contributed by atoms with Crippen LogP contribution in [0.5, 0.6) is 0 Å². The van der Waals surface area contributed by atoms with E-state index in [9.17, 15) is 13.2 Å². The average Bonchev–Trinajstić information content (AvgIpc) is 2.99. The lowest BCUT2D eigenvalue weighted by Gasteiger charge is -2.22. The van der Waals surface area contributed by atoms with Crippen LogP contribution in [0.3, 0.4) is 0 Å². The third-order valence-corrected chi connectivity index (χ3v) is 6.31. The predicted molar refractivity (Wildman–Crippen MR) is 98.2 cm³/mol. The molecule has 1 aliphatic rings. The van der Waals surface area contributed by atoms with Crippen molar-refractivity contribution in [3.05, 3.63) is 29.8 Å². The summed E-state index contributed by atoms with van der Waals surface area (Å²) in [6.07, 6.45) is 2.84. The third kappa shape index (κ3) is 5.26. The van der Waals surface area contributed by atoms with E-state index in [-0.39, 0.29) is 29.2 Å². The van der Waals surface area contributed by atoms with Gasteiger partial charge in [0.25, 0.3) is 0 Å². The van der Waals surface area contributed by atoms with Crippen LogP contribution in [0, 0.1) is 11.8 Å². The van der Waals surface area contributed by atoms with E-state index in [1.54, 1.807) is 45.0 Å². The highest BCUT2D eigenvalue weighted by Crippen LogP contribution is 2.31. The van der Waals surface area contributed by atoms with Gasteiger partial charge in [0.05, 0.1) is 4.90 Å². The summed E-state index contributed by atoms with van der Waals surface area (Å²) in [4.78, 5) is 12.6. The first-order valence-electron chi connectivity index (χ1n) is 8.74. The zero-order valence-electron chi connectivity index (χ0n) is 15.2. The number of rotatable bonds is 6. The van der Waals surface area contributed by atoms with E-state index < -0.39 is 15.6 Å². The molecule has 1 aromatic rings.